The van der Waals surface area contributed by atoms with Crippen LogP contribution in [0.4, 0.5) is 4.79 Å². The highest BCUT2D eigenvalue weighted by Crippen LogP contribution is 1.92. The predicted octanol–water partition coefficient (Wildman–Crippen LogP) is 1.24. The third kappa shape index (κ3) is 7.11. The normalized spacial score (nSPS) is 9.54. The summed E-state index contributed by atoms with van der Waals surface area (Å²) in [5.74, 6) is -0.242. The van der Waals surface area contributed by atoms with Gasteiger partial charge in [0.2, 0.25) is 0 Å². The Bertz CT molecular complexity index is 179. The van der Waals surface area contributed by atoms with Crippen LogP contribution >= 0.6 is 0 Å². The first-order valence-corrected chi connectivity index (χ1v) is 4.18. The molecule has 1 N–H and O–H groups in total. The van der Waals surface area contributed by atoms with Crippen LogP contribution in [0.25, 0.3) is 0 Å². The fourth-order valence-corrected chi connectivity index (χ4v) is 0.443. The molecule has 0 aromatic rings. The van der Waals surface area contributed by atoms with Crippen molar-refractivity contribution in [2.75, 3.05) is 6.61 Å². The number of hydrogen-bond acceptors (Lipinski definition) is 4. The number of carbonyl (C=O) groups excluding carboxylic acids is 2. The second-order valence-electron chi connectivity index (χ2n) is 2.92. The molecule has 0 aromatic heterocycles. The molecule has 76 valence electrons. The Balaban J connectivity index is 3.46. The largest absolute Gasteiger partial charge is 0.447 e. The van der Waals surface area contributed by atoms with Gasteiger partial charge in [-0.25, -0.2) is 9.59 Å². The van der Waals surface area contributed by atoms with E-state index in [1.807, 2.05) is 19.3 Å². The lowest BCUT2D eigenvalue weighted by Gasteiger charge is -2.07. The van der Waals surface area contributed by atoms with E-state index < -0.39 is 12.1 Å². The Hall–Kier alpha value is -1.26. The van der Waals surface area contributed by atoms with Crippen LogP contribution in [0.1, 0.15) is 27.2 Å². The van der Waals surface area contributed by atoms with Crippen LogP contribution in [0.3, 0.4) is 0 Å². The smallest absolute Gasteiger partial charge is 0.440 e. The number of carbonyl (C=O) groups is 2. The van der Waals surface area contributed by atoms with Gasteiger partial charge in [0, 0.05) is 6.42 Å². The summed E-state index contributed by atoms with van der Waals surface area (Å²) in [6.07, 6.45) is -0.528. The highest BCUT2D eigenvalue weighted by molar-refractivity contribution is 5.72. The zero-order valence-corrected chi connectivity index (χ0v) is 8.12. The molecule has 0 spiro atoms. The van der Waals surface area contributed by atoms with Crippen molar-refractivity contribution in [3.8, 4) is 0 Å². The van der Waals surface area contributed by atoms with E-state index in [-0.39, 0.29) is 12.3 Å². The minimum atomic E-state index is -0.740. The molecule has 0 fully saturated rings. The van der Waals surface area contributed by atoms with Gasteiger partial charge in [-0.15, -0.1) is 5.48 Å². The zero-order chi connectivity index (χ0) is 10.3. The van der Waals surface area contributed by atoms with Crippen molar-refractivity contribution < 1.29 is 19.2 Å². The summed E-state index contributed by atoms with van der Waals surface area (Å²) < 4.78 is 4.67. The summed E-state index contributed by atoms with van der Waals surface area (Å²) >= 11 is 0. The molecule has 0 aliphatic carbocycles. The Labute approximate surface area is 77.3 Å². The lowest BCUT2D eigenvalue weighted by molar-refractivity contribution is -0.149. The average Bonchev–Trinajstić information content (AvgIpc) is 2.10. The maximum Gasteiger partial charge on any atom is 0.440 e. The third-order valence-corrected chi connectivity index (χ3v) is 1.08. The van der Waals surface area contributed by atoms with E-state index >= 15 is 0 Å². The molecule has 13 heavy (non-hydrogen) atoms. The number of hydrogen-bond donors (Lipinski definition) is 1. The van der Waals surface area contributed by atoms with Gasteiger partial charge in [0.05, 0.1) is 6.61 Å². The van der Waals surface area contributed by atoms with Gasteiger partial charge in [0.15, 0.2) is 0 Å². The Morgan fingerprint density at radius 2 is 2.00 bits per heavy atom. The summed E-state index contributed by atoms with van der Waals surface area (Å²) in [6.45, 7) is 5.75. The van der Waals surface area contributed by atoms with E-state index in [1.165, 1.54) is 0 Å². The minimum absolute atomic E-state index is 0.213. The van der Waals surface area contributed by atoms with E-state index in [4.69, 9.17) is 0 Å². The molecule has 0 heterocycles. The molecule has 1 amide bonds. The average molecular weight is 189 g/mol. The van der Waals surface area contributed by atoms with Crippen molar-refractivity contribution >= 4 is 12.1 Å². The van der Waals surface area contributed by atoms with Crippen LogP contribution in [-0.4, -0.2) is 18.7 Å². The number of rotatable bonds is 3. The molecular formula is C8H15NO4. The molecule has 5 nitrogen and oxygen atoms in total. The first kappa shape index (κ1) is 11.7. The predicted molar refractivity (Wildman–Crippen MR) is 45.7 cm³/mol. The Kier molecular flexibility index (Phi) is 5.67. The van der Waals surface area contributed by atoms with E-state index in [0.29, 0.717) is 6.61 Å². The molecule has 0 aliphatic rings. The highest BCUT2D eigenvalue weighted by atomic mass is 16.7. The highest BCUT2D eigenvalue weighted by Gasteiger charge is 2.05. The molecule has 5 heteroatoms. The Morgan fingerprint density at radius 3 is 2.46 bits per heavy atom. The van der Waals surface area contributed by atoms with Crippen molar-refractivity contribution in [3.63, 3.8) is 0 Å². The molecule has 0 unspecified atom stereocenters. The quantitative estimate of drug-likeness (QED) is 0.678. The molecule has 0 atom stereocenters. The molecule has 0 bridgehead atoms. The third-order valence-electron chi connectivity index (χ3n) is 1.08. The molecule has 0 saturated heterocycles. The molecule has 0 radical (unpaired) electrons. The first-order chi connectivity index (χ1) is 6.06. The van der Waals surface area contributed by atoms with Crippen molar-refractivity contribution in [3.05, 3.63) is 0 Å². The van der Waals surface area contributed by atoms with Gasteiger partial charge in [-0.05, 0) is 5.92 Å². The van der Waals surface area contributed by atoms with E-state index in [2.05, 4.69) is 9.57 Å². The SMILES string of the molecule is CCC(=O)ONC(=O)OCC(C)C. The van der Waals surface area contributed by atoms with E-state index in [9.17, 15) is 9.59 Å². The lowest BCUT2D eigenvalue weighted by Crippen LogP contribution is -2.28. The standard InChI is InChI=1S/C8H15NO4/c1-4-7(10)13-9-8(11)12-5-6(2)3/h6H,4-5H2,1-3H3,(H,9,11). The van der Waals surface area contributed by atoms with Crippen molar-refractivity contribution in [1.82, 2.24) is 5.48 Å². The summed E-state index contributed by atoms with van der Waals surface area (Å²) in [4.78, 5) is 25.6. The fraction of sp³-hybridized carbons (Fsp3) is 0.750. The van der Waals surface area contributed by atoms with Crippen LogP contribution in [0.15, 0.2) is 0 Å². The monoisotopic (exact) mass is 189 g/mol. The van der Waals surface area contributed by atoms with Crippen LogP contribution in [-0.2, 0) is 14.4 Å². The van der Waals surface area contributed by atoms with Crippen LogP contribution in [0.2, 0.25) is 0 Å². The van der Waals surface area contributed by atoms with Gasteiger partial charge in [-0.2, -0.15) is 0 Å². The second kappa shape index (κ2) is 6.28. The second-order valence-corrected chi connectivity index (χ2v) is 2.92. The summed E-state index contributed by atoms with van der Waals surface area (Å²) in [7, 11) is 0. The van der Waals surface area contributed by atoms with E-state index in [1.54, 1.807) is 6.92 Å². The van der Waals surface area contributed by atoms with Gasteiger partial charge in [-0.1, -0.05) is 20.8 Å². The number of amides is 1. The number of ether oxygens (including phenoxy) is 1. The van der Waals surface area contributed by atoms with Crippen LogP contribution in [0, 0.1) is 5.92 Å². The summed E-state index contributed by atoms with van der Waals surface area (Å²) in [5.41, 5.74) is 1.88. The molecular weight excluding hydrogens is 174 g/mol. The van der Waals surface area contributed by atoms with Crippen molar-refractivity contribution in [2.24, 2.45) is 5.92 Å². The lowest BCUT2D eigenvalue weighted by atomic mass is 10.2. The Morgan fingerprint density at radius 1 is 1.38 bits per heavy atom. The van der Waals surface area contributed by atoms with Gasteiger partial charge in [-0.3, -0.25) is 0 Å². The zero-order valence-electron chi connectivity index (χ0n) is 8.12. The van der Waals surface area contributed by atoms with Crippen molar-refractivity contribution in [1.29, 1.82) is 0 Å². The van der Waals surface area contributed by atoms with Crippen LogP contribution < -0.4 is 5.48 Å². The maximum absolute atomic E-state index is 10.8. The molecule has 0 rings (SSSR count). The molecule has 0 aliphatic heterocycles. The van der Waals surface area contributed by atoms with Crippen LogP contribution in [0.5, 0.6) is 0 Å². The fourth-order valence-electron chi connectivity index (χ4n) is 0.443. The van der Waals surface area contributed by atoms with Gasteiger partial charge < -0.3 is 9.57 Å². The van der Waals surface area contributed by atoms with Gasteiger partial charge >= 0.3 is 12.1 Å². The number of hydroxylamine groups is 1. The topological polar surface area (TPSA) is 64.6 Å². The maximum atomic E-state index is 10.8. The minimum Gasteiger partial charge on any atom is -0.447 e. The van der Waals surface area contributed by atoms with E-state index in [0.717, 1.165) is 0 Å². The summed E-state index contributed by atoms with van der Waals surface area (Å²) in [5, 5.41) is 0. The summed E-state index contributed by atoms with van der Waals surface area (Å²) in [6, 6.07) is 0. The first-order valence-electron chi connectivity index (χ1n) is 4.18. The van der Waals surface area contributed by atoms with Crippen molar-refractivity contribution in [2.45, 2.75) is 27.2 Å². The van der Waals surface area contributed by atoms with Gasteiger partial charge in [0.25, 0.3) is 0 Å². The van der Waals surface area contributed by atoms with Gasteiger partial charge in [0.1, 0.15) is 0 Å². The molecule has 0 saturated carbocycles. The molecule has 0 aromatic carbocycles. The number of nitrogens with one attached hydrogen (secondary N) is 1.